The topological polar surface area (TPSA) is 103 Å². The van der Waals surface area contributed by atoms with Crippen LogP contribution in [-0.2, 0) is 6.61 Å². The fourth-order valence-electron chi connectivity index (χ4n) is 3.76. The zero-order chi connectivity index (χ0) is 21.3. The lowest BCUT2D eigenvalue weighted by Crippen LogP contribution is -2.25. The first-order chi connectivity index (χ1) is 14.3. The first-order valence-electron chi connectivity index (χ1n) is 9.53. The smallest absolute Gasteiger partial charge is 0.323 e. The highest BCUT2D eigenvalue weighted by Crippen LogP contribution is 2.41. The van der Waals surface area contributed by atoms with Crippen LogP contribution >= 0.6 is 0 Å². The average Bonchev–Trinajstić information content (AvgIpc) is 3.10. The summed E-state index contributed by atoms with van der Waals surface area (Å²) in [4.78, 5) is 23.4. The molecular weight excluding hydrogens is 399 g/mol. The van der Waals surface area contributed by atoms with Gasteiger partial charge in [0.1, 0.15) is 11.5 Å². The van der Waals surface area contributed by atoms with Gasteiger partial charge in [0.25, 0.3) is 0 Å². The van der Waals surface area contributed by atoms with Gasteiger partial charge in [0, 0.05) is 41.6 Å². The van der Waals surface area contributed by atoms with Gasteiger partial charge < -0.3 is 20.7 Å². The molecule has 4 N–H and O–H groups in total. The minimum absolute atomic E-state index is 0.150. The van der Waals surface area contributed by atoms with Gasteiger partial charge in [0.2, 0.25) is 5.92 Å². The van der Waals surface area contributed by atoms with Crippen molar-refractivity contribution < 1.29 is 23.1 Å². The molecule has 30 heavy (non-hydrogen) atoms. The van der Waals surface area contributed by atoms with Gasteiger partial charge >= 0.3 is 6.03 Å². The molecule has 0 radical (unpaired) electrons. The van der Waals surface area contributed by atoms with Crippen LogP contribution < -0.4 is 10.6 Å². The van der Waals surface area contributed by atoms with Crippen molar-refractivity contribution in [3.8, 4) is 0 Å². The SMILES string of the molecule is O=C(Nc1cnc(C2CCC(F)(F)CC2)c(CO)c1)Nc1c[nH]c2ncc(F)cc12. The van der Waals surface area contributed by atoms with E-state index in [0.717, 1.165) is 6.20 Å². The van der Waals surface area contributed by atoms with Crippen molar-refractivity contribution >= 4 is 28.4 Å². The highest BCUT2D eigenvalue weighted by Gasteiger charge is 2.36. The Morgan fingerprint density at radius 1 is 1.20 bits per heavy atom. The molecule has 0 aromatic carbocycles. The molecule has 10 heteroatoms. The maximum atomic E-state index is 13.4. The fourth-order valence-corrected chi connectivity index (χ4v) is 3.76. The van der Waals surface area contributed by atoms with Crippen molar-refractivity contribution in [3.05, 3.63) is 47.8 Å². The van der Waals surface area contributed by atoms with Crippen LogP contribution in [0.15, 0.2) is 30.7 Å². The van der Waals surface area contributed by atoms with Gasteiger partial charge in [-0.3, -0.25) is 4.98 Å². The minimum Gasteiger partial charge on any atom is -0.392 e. The molecule has 1 aliphatic rings. The number of pyridine rings is 2. The van der Waals surface area contributed by atoms with Crippen LogP contribution in [0.5, 0.6) is 0 Å². The lowest BCUT2D eigenvalue weighted by atomic mass is 9.83. The number of anilines is 2. The van der Waals surface area contributed by atoms with E-state index in [1.165, 1.54) is 18.5 Å². The van der Waals surface area contributed by atoms with Crippen molar-refractivity contribution in [2.45, 2.75) is 44.1 Å². The third kappa shape index (κ3) is 4.23. The van der Waals surface area contributed by atoms with Crippen molar-refractivity contribution in [2.75, 3.05) is 10.6 Å². The van der Waals surface area contributed by atoms with Crippen LogP contribution in [0, 0.1) is 5.82 Å². The quantitative estimate of drug-likeness (QED) is 0.499. The third-order valence-electron chi connectivity index (χ3n) is 5.28. The molecule has 0 spiro atoms. The van der Waals surface area contributed by atoms with E-state index >= 15 is 0 Å². The number of nitrogens with zero attached hydrogens (tertiary/aromatic N) is 2. The minimum atomic E-state index is -2.64. The summed E-state index contributed by atoms with van der Waals surface area (Å²) in [5.74, 6) is -3.32. The Morgan fingerprint density at radius 2 is 1.97 bits per heavy atom. The second kappa shape index (κ2) is 7.94. The summed E-state index contributed by atoms with van der Waals surface area (Å²) in [6.07, 6.45) is 4.18. The van der Waals surface area contributed by atoms with Crippen LogP contribution in [0.2, 0.25) is 0 Å². The van der Waals surface area contributed by atoms with Crippen LogP contribution in [0.1, 0.15) is 42.9 Å². The van der Waals surface area contributed by atoms with Crippen LogP contribution in [-0.4, -0.2) is 32.0 Å². The summed E-state index contributed by atoms with van der Waals surface area (Å²) in [6.45, 7) is -0.320. The van der Waals surface area contributed by atoms with Crippen LogP contribution in [0.25, 0.3) is 11.0 Å². The summed E-state index contributed by atoms with van der Waals surface area (Å²) in [7, 11) is 0. The van der Waals surface area contributed by atoms with E-state index in [1.807, 2.05) is 0 Å². The highest BCUT2D eigenvalue weighted by atomic mass is 19.3. The molecule has 0 bridgehead atoms. The summed E-state index contributed by atoms with van der Waals surface area (Å²) >= 11 is 0. The van der Waals surface area contributed by atoms with E-state index < -0.39 is 17.8 Å². The predicted octanol–water partition coefficient (Wildman–Crippen LogP) is 4.53. The van der Waals surface area contributed by atoms with Crippen molar-refractivity contribution in [1.29, 1.82) is 0 Å². The van der Waals surface area contributed by atoms with Gasteiger partial charge in [-0.1, -0.05) is 0 Å². The Bertz CT molecular complexity index is 1080. The number of hydrogen-bond acceptors (Lipinski definition) is 4. The summed E-state index contributed by atoms with van der Waals surface area (Å²) in [5.41, 5.74) is 2.19. The molecule has 3 aromatic rings. The number of aliphatic hydroxyl groups is 1. The molecular formula is C20H20F3N5O2. The zero-order valence-corrected chi connectivity index (χ0v) is 15.9. The molecule has 7 nitrogen and oxygen atoms in total. The molecule has 3 aromatic heterocycles. The molecule has 3 heterocycles. The summed E-state index contributed by atoms with van der Waals surface area (Å²) in [6, 6.07) is 2.24. The number of urea groups is 1. The molecule has 0 aliphatic heterocycles. The van der Waals surface area contributed by atoms with Gasteiger partial charge in [0.15, 0.2) is 0 Å². The molecule has 0 saturated heterocycles. The number of H-pyrrole nitrogens is 1. The Balaban J connectivity index is 1.46. The number of rotatable bonds is 4. The number of amides is 2. The zero-order valence-electron chi connectivity index (χ0n) is 15.9. The molecule has 0 atom stereocenters. The number of carbonyl (C=O) groups excluding carboxylic acids is 1. The van der Waals surface area contributed by atoms with E-state index in [2.05, 4.69) is 25.6 Å². The van der Waals surface area contributed by atoms with Crippen LogP contribution in [0.3, 0.4) is 0 Å². The van der Waals surface area contributed by atoms with Crippen molar-refractivity contribution in [3.63, 3.8) is 0 Å². The molecule has 1 aliphatic carbocycles. The number of carbonyl (C=O) groups is 1. The van der Waals surface area contributed by atoms with Crippen molar-refractivity contribution in [1.82, 2.24) is 15.0 Å². The second-order valence-corrected chi connectivity index (χ2v) is 7.39. The molecule has 4 rings (SSSR count). The Hall–Kier alpha value is -3.14. The maximum absolute atomic E-state index is 13.4. The summed E-state index contributed by atoms with van der Waals surface area (Å²) < 4.78 is 40.2. The monoisotopic (exact) mass is 419 g/mol. The van der Waals surface area contributed by atoms with Gasteiger partial charge in [0.05, 0.1) is 30.4 Å². The Kier molecular flexibility index (Phi) is 5.33. The van der Waals surface area contributed by atoms with E-state index in [-0.39, 0.29) is 25.4 Å². The average molecular weight is 419 g/mol. The Morgan fingerprint density at radius 3 is 2.70 bits per heavy atom. The van der Waals surface area contributed by atoms with E-state index in [0.29, 0.717) is 46.5 Å². The number of fused-ring (bicyclic) bond motifs is 1. The predicted molar refractivity (Wildman–Crippen MR) is 105 cm³/mol. The van der Waals surface area contributed by atoms with Gasteiger partial charge in [-0.05, 0) is 25.0 Å². The largest absolute Gasteiger partial charge is 0.392 e. The maximum Gasteiger partial charge on any atom is 0.323 e. The van der Waals surface area contributed by atoms with Gasteiger partial charge in [-0.2, -0.15) is 0 Å². The molecule has 158 valence electrons. The first-order valence-corrected chi connectivity index (χ1v) is 9.53. The normalized spacial score (nSPS) is 16.5. The summed E-state index contributed by atoms with van der Waals surface area (Å²) in [5, 5.41) is 15.3. The third-order valence-corrected chi connectivity index (χ3v) is 5.28. The number of aliphatic hydroxyl groups excluding tert-OH is 1. The van der Waals surface area contributed by atoms with E-state index in [9.17, 15) is 23.1 Å². The number of hydrogen-bond donors (Lipinski definition) is 4. The van der Waals surface area contributed by atoms with E-state index in [4.69, 9.17) is 0 Å². The number of aromatic nitrogens is 3. The highest BCUT2D eigenvalue weighted by molar-refractivity contribution is 6.05. The molecule has 0 unspecified atom stereocenters. The first kappa shape index (κ1) is 20.1. The number of alkyl halides is 2. The lowest BCUT2D eigenvalue weighted by molar-refractivity contribution is -0.0385. The second-order valence-electron chi connectivity index (χ2n) is 7.39. The fraction of sp³-hybridized carbons (Fsp3) is 0.350. The molecule has 1 saturated carbocycles. The standard InChI is InChI=1S/C20H20F3N5O2/c21-13-6-15-16(9-26-18(15)25-7-13)28-19(30)27-14-5-12(10-29)17(24-8-14)11-1-3-20(22,23)4-2-11/h5-9,11,29H,1-4,10H2,(H,25,26)(H2,27,28,30). The number of aromatic amines is 1. The van der Waals surface area contributed by atoms with Gasteiger partial charge in [-0.25, -0.2) is 22.9 Å². The molecule has 1 fully saturated rings. The van der Waals surface area contributed by atoms with Gasteiger partial charge in [-0.15, -0.1) is 0 Å². The number of nitrogens with one attached hydrogen (secondary N) is 3. The molecule has 2 amide bonds. The number of halogens is 3. The van der Waals surface area contributed by atoms with Crippen LogP contribution in [0.4, 0.5) is 29.3 Å². The lowest BCUT2D eigenvalue weighted by Gasteiger charge is -2.29. The van der Waals surface area contributed by atoms with E-state index in [1.54, 1.807) is 6.07 Å². The Labute approximate surface area is 169 Å². The van der Waals surface area contributed by atoms with Crippen molar-refractivity contribution in [2.24, 2.45) is 0 Å².